The van der Waals surface area contributed by atoms with Crippen LogP contribution < -0.4 is 0 Å². The maximum atomic E-state index is 14.1. The molecule has 0 spiro atoms. The molecule has 0 amide bonds. The van der Waals surface area contributed by atoms with E-state index >= 15 is 0 Å². The molecule has 0 bridgehead atoms. The van der Waals surface area contributed by atoms with E-state index < -0.39 is 22.6 Å². The fourth-order valence-electron chi connectivity index (χ4n) is 5.62. The Hall–Kier alpha value is -4.58. The quantitative estimate of drug-likeness (QED) is 0.156. The van der Waals surface area contributed by atoms with Crippen molar-refractivity contribution >= 4 is 44.5 Å². The minimum absolute atomic E-state index is 0.230. The van der Waals surface area contributed by atoms with Gasteiger partial charge in [-0.1, -0.05) is 48.6 Å². The van der Waals surface area contributed by atoms with Crippen molar-refractivity contribution in [3.8, 4) is 0 Å². The number of hydrogen-bond acceptors (Lipinski definition) is 4. The summed E-state index contributed by atoms with van der Waals surface area (Å²) in [6.45, 7) is 16.8. The predicted molar refractivity (Wildman–Crippen MR) is 159 cm³/mol. The summed E-state index contributed by atoms with van der Waals surface area (Å²) in [4.78, 5) is 28.2. The molecular formula is C34H32N2O4. The number of Topliss-reactive ketones (excluding diaryl/α,β-unsaturated/α-hetero) is 2. The molecule has 3 heterocycles. The number of ketones is 2. The molecule has 1 aliphatic carbocycles. The highest BCUT2D eigenvalue weighted by Gasteiger charge is 2.42. The predicted octanol–water partition coefficient (Wildman–Crippen LogP) is 6.76. The lowest BCUT2D eigenvalue weighted by atomic mass is 9.85. The molecule has 0 radical (unpaired) electrons. The number of rotatable bonds is 6. The third-order valence-corrected chi connectivity index (χ3v) is 8.10. The summed E-state index contributed by atoms with van der Waals surface area (Å²) in [5.41, 5.74) is 2.72. The van der Waals surface area contributed by atoms with Crippen molar-refractivity contribution in [1.29, 1.82) is 0 Å². The summed E-state index contributed by atoms with van der Waals surface area (Å²) in [6, 6.07) is 15.7. The lowest BCUT2D eigenvalue weighted by molar-refractivity contribution is -0.130. The van der Waals surface area contributed by atoms with Gasteiger partial charge in [-0.05, 0) is 39.8 Å². The summed E-state index contributed by atoms with van der Waals surface area (Å²) in [6.07, 6.45) is 7.55. The van der Waals surface area contributed by atoms with Crippen molar-refractivity contribution in [3.05, 3.63) is 109 Å². The molecule has 4 aromatic rings. The van der Waals surface area contributed by atoms with Gasteiger partial charge >= 0.3 is 0 Å². The number of allylic oxidation sites excluding steroid dienone is 4. The Morgan fingerprint density at radius 2 is 1.05 bits per heavy atom. The highest BCUT2D eigenvalue weighted by molar-refractivity contribution is 6.67. The maximum Gasteiger partial charge on any atom is 0.238 e. The van der Waals surface area contributed by atoms with Gasteiger partial charge in [-0.2, -0.15) is 0 Å². The van der Waals surface area contributed by atoms with Gasteiger partial charge in [-0.3, -0.25) is 9.59 Å². The standard InChI is InChI=1S/C34H32N2O4/c1-7-33(3,4)35-19-23(21-13-9-11-15-25(21)35)27-29(37)30(38)28(32-31(27)39-17-18-40-32)24-20-36(34(5,6)8-2)26-16-12-10-14-22(24)26/h7-16,19-20H,1-2,17-18H2,3-6H3. The van der Waals surface area contributed by atoms with Gasteiger partial charge in [-0.25, -0.2) is 0 Å². The zero-order valence-corrected chi connectivity index (χ0v) is 23.3. The average Bonchev–Trinajstić information content (AvgIpc) is 3.54. The summed E-state index contributed by atoms with van der Waals surface area (Å²) >= 11 is 0. The number of nitrogens with zero attached hydrogens (tertiary/aromatic N) is 2. The van der Waals surface area contributed by atoms with Gasteiger partial charge in [0.05, 0.1) is 22.2 Å². The van der Waals surface area contributed by atoms with E-state index in [2.05, 4.69) is 22.3 Å². The molecule has 0 N–H and O–H groups in total. The fraction of sp³-hybridized carbons (Fsp3) is 0.235. The second kappa shape index (κ2) is 8.98. The number of aromatic nitrogens is 2. The molecule has 6 heteroatoms. The Labute approximate surface area is 233 Å². The minimum atomic E-state index is -0.613. The van der Waals surface area contributed by atoms with Crippen LogP contribution in [0.2, 0.25) is 0 Å². The molecule has 0 unspecified atom stereocenters. The Balaban J connectivity index is 1.67. The Bertz CT molecular complexity index is 1690. The van der Waals surface area contributed by atoms with Crippen molar-refractivity contribution in [2.24, 2.45) is 0 Å². The van der Waals surface area contributed by atoms with Crippen LogP contribution in [-0.2, 0) is 30.1 Å². The van der Waals surface area contributed by atoms with E-state index in [1.165, 1.54) is 0 Å². The molecule has 6 rings (SSSR count). The average molecular weight is 533 g/mol. The first-order valence-electron chi connectivity index (χ1n) is 13.4. The normalized spacial score (nSPS) is 16.3. The van der Waals surface area contributed by atoms with E-state index in [9.17, 15) is 9.59 Å². The van der Waals surface area contributed by atoms with Gasteiger partial charge in [-0.15, -0.1) is 13.2 Å². The van der Waals surface area contributed by atoms with E-state index in [1.807, 2.05) is 101 Å². The van der Waals surface area contributed by atoms with Crippen LogP contribution in [0.5, 0.6) is 0 Å². The Kier molecular flexibility index (Phi) is 5.77. The van der Waals surface area contributed by atoms with Crippen LogP contribution in [0.4, 0.5) is 0 Å². The van der Waals surface area contributed by atoms with Crippen molar-refractivity contribution in [2.45, 2.75) is 38.8 Å². The van der Waals surface area contributed by atoms with E-state index in [0.29, 0.717) is 22.6 Å². The van der Waals surface area contributed by atoms with Crippen LogP contribution >= 0.6 is 0 Å². The summed E-state index contributed by atoms with van der Waals surface area (Å²) < 4.78 is 16.5. The molecule has 1 saturated heterocycles. The molecule has 0 saturated carbocycles. The van der Waals surface area contributed by atoms with Crippen molar-refractivity contribution < 1.29 is 19.1 Å². The number of ether oxygens (including phenoxy) is 2. The molecule has 1 fully saturated rings. The van der Waals surface area contributed by atoms with E-state index in [-0.39, 0.29) is 24.4 Å². The minimum Gasteiger partial charge on any atom is -0.485 e. The summed E-state index contributed by atoms with van der Waals surface area (Å²) in [5, 5.41) is 1.70. The third-order valence-electron chi connectivity index (χ3n) is 8.10. The zero-order valence-electron chi connectivity index (χ0n) is 23.3. The first-order chi connectivity index (χ1) is 19.1. The summed E-state index contributed by atoms with van der Waals surface area (Å²) in [7, 11) is 0. The molecule has 202 valence electrons. The number of carbonyl (C=O) groups excluding carboxylic acids is 2. The van der Waals surface area contributed by atoms with Crippen LogP contribution in [-0.4, -0.2) is 33.9 Å². The van der Waals surface area contributed by atoms with E-state index in [4.69, 9.17) is 9.47 Å². The van der Waals surface area contributed by atoms with Gasteiger partial charge in [0.2, 0.25) is 11.6 Å². The zero-order chi connectivity index (χ0) is 28.4. The second-order valence-electron chi connectivity index (χ2n) is 11.3. The molecule has 6 nitrogen and oxygen atoms in total. The lowest BCUT2D eigenvalue weighted by Crippen LogP contribution is -2.30. The first kappa shape index (κ1) is 25.7. The van der Waals surface area contributed by atoms with Gasteiger partial charge in [0.25, 0.3) is 0 Å². The van der Waals surface area contributed by atoms with Crippen LogP contribution in [0.3, 0.4) is 0 Å². The van der Waals surface area contributed by atoms with Crippen molar-refractivity contribution in [2.75, 3.05) is 13.2 Å². The number of fused-ring (bicyclic) bond motifs is 3. The number of carbonyl (C=O) groups is 2. The van der Waals surface area contributed by atoms with Gasteiger partial charge in [0, 0.05) is 45.3 Å². The molecule has 40 heavy (non-hydrogen) atoms. The Morgan fingerprint density at radius 3 is 1.43 bits per heavy atom. The molecular weight excluding hydrogens is 500 g/mol. The van der Waals surface area contributed by atoms with Gasteiger partial charge in [0.15, 0.2) is 11.5 Å². The smallest absolute Gasteiger partial charge is 0.238 e. The van der Waals surface area contributed by atoms with Crippen LogP contribution in [0.25, 0.3) is 33.0 Å². The highest BCUT2D eigenvalue weighted by atomic mass is 16.6. The van der Waals surface area contributed by atoms with E-state index in [0.717, 1.165) is 21.8 Å². The van der Waals surface area contributed by atoms with Gasteiger partial charge in [0.1, 0.15) is 13.2 Å². The number of hydrogen-bond donors (Lipinski definition) is 0. The van der Waals surface area contributed by atoms with E-state index in [1.54, 1.807) is 0 Å². The number of para-hydroxylation sites is 2. The second-order valence-corrected chi connectivity index (χ2v) is 11.3. The molecule has 2 aromatic carbocycles. The fourth-order valence-corrected chi connectivity index (χ4v) is 5.62. The van der Waals surface area contributed by atoms with Gasteiger partial charge < -0.3 is 18.6 Å². The Morgan fingerprint density at radius 1 is 0.675 bits per heavy atom. The maximum absolute atomic E-state index is 14.1. The molecule has 2 aromatic heterocycles. The van der Waals surface area contributed by atoms with Crippen molar-refractivity contribution in [1.82, 2.24) is 9.13 Å². The monoisotopic (exact) mass is 532 g/mol. The van der Waals surface area contributed by atoms with Crippen LogP contribution in [0.15, 0.2) is 97.8 Å². The summed E-state index contributed by atoms with van der Waals surface area (Å²) in [5.74, 6) is -0.605. The lowest BCUT2D eigenvalue weighted by Gasteiger charge is -2.28. The highest BCUT2D eigenvalue weighted by Crippen LogP contribution is 2.44. The third kappa shape index (κ3) is 3.63. The first-order valence-corrected chi connectivity index (χ1v) is 13.4. The van der Waals surface area contributed by atoms with Crippen LogP contribution in [0.1, 0.15) is 38.8 Å². The topological polar surface area (TPSA) is 62.5 Å². The SMILES string of the molecule is C=CC(C)(C)n1cc(C2=C3OCCOC3=C(c3cn(C(C)(C)C=C)c4ccccc34)C(=O)C2=O)c2ccccc21. The molecule has 1 aliphatic heterocycles. The number of benzene rings is 2. The van der Waals surface area contributed by atoms with Crippen molar-refractivity contribution in [3.63, 3.8) is 0 Å². The molecule has 0 atom stereocenters. The molecule has 2 aliphatic rings. The largest absolute Gasteiger partial charge is 0.485 e. The van der Waals surface area contributed by atoms with Crippen LogP contribution in [0, 0.1) is 0 Å².